The van der Waals surface area contributed by atoms with Gasteiger partial charge in [0.2, 0.25) is 0 Å². The molecule has 174 valence electrons. The molecule has 0 aliphatic carbocycles. The molecule has 5 rings (SSSR count). The molecule has 2 fully saturated rings. The van der Waals surface area contributed by atoms with Crippen LogP contribution in [0.1, 0.15) is 12.0 Å². The Morgan fingerprint density at radius 3 is 2.53 bits per heavy atom. The Morgan fingerprint density at radius 2 is 1.88 bits per heavy atom. The monoisotopic (exact) mass is 511 g/mol. The summed E-state index contributed by atoms with van der Waals surface area (Å²) in [6, 6.07) is 16.9. The molecule has 2 aliphatic heterocycles. The van der Waals surface area contributed by atoms with E-state index in [4.69, 9.17) is 22.1 Å². The van der Waals surface area contributed by atoms with E-state index in [0.29, 0.717) is 21.3 Å². The summed E-state index contributed by atoms with van der Waals surface area (Å²) >= 11 is 6.65. The Bertz CT molecular complexity index is 1400. The lowest BCUT2D eigenvalue weighted by Crippen LogP contribution is -2.39. The fourth-order valence-corrected chi connectivity index (χ4v) is 7.19. The highest BCUT2D eigenvalue weighted by molar-refractivity contribution is 8.26. The molecule has 0 N–H and O–H groups in total. The Labute approximate surface area is 207 Å². The summed E-state index contributed by atoms with van der Waals surface area (Å²) in [6.07, 6.45) is 4.07. The van der Waals surface area contributed by atoms with Gasteiger partial charge in [-0.05, 0) is 48.9 Å². The number of amides is 1. The van der Waals surface area contributed by atoms with E-state index < -0.39 is 15.9 Å². The summed E-state index contributed by atoms with van der Waals surface area (Å²) in [5.41, 5.74) is 3.23. The van der Waals surface area contributed by atoms with Crippen molar-refractivity contribution < 1.29 is 17.9 Å². The molecule has 0 bridgehead atoms. The maximum Gasteiger partial charge on any atom is 0.266 e. The van der Waals surface area contributed by atoms with Gasteiger partial charge >= 0.3 is 0 Å². The Balaban J connectivity index is 1.54. The third-order valence-corrected chi connectivity index (χ3v) is 8.89. The molecule has 3 heterocycles. The maximum atomic E-state index is 13.2. The second kappa shape index (κ2) is 9.01. The summed E-state index contributed by atoms with van der Waals surface area (Å²) in [5.74, 6) is 0.514. The van der Waals surface area contributed by atoms with Crippen molar-refractivity contribution in [1.29, 1.82) is 0 Å². The van der Waals surface area contributed by atoms with Gasteiger partial charge < -0.3 is 4.74 Å². The van der Waals surface area contributed by atoms with Crippen LogP contribution < -0.4 is 4.74 Å². The van der Waals surface area contributed by atoms with Crippen molar-refractivity contribution in [2.75, 3.05) is 18.6 Å². The minimum Gasteiger partial charge on any atom is -0.497 e. The number of carbonyl (C=O) groups excluding carboxylic acids is 1. The van der Waals surface area contributed by atoms with Crippen molar-refractivity contribution in [3.63, 3.8) is 0 Å². The fraction of sp³-hybridized carbons (Fsp3) is 0.208. The number of thioether (sulfide) groups is 1. The predicted molar refractivity (Wildman–Crippen MR) is 138 cm³/mol. The molecule has 3 aromatic rings. The van der Waals surface area contributed by atoms with Crippen molar-refractivity contribution in [2.45, 2.75) is 12.5 Å². The zero-order chi connectivity index (χ0) is 23.9. The van der Waals surface area contributed by atoms with Crippen molar-refractivity contribution in [3.05, 3.63) is 71.3 Å². The van der Waals surface area contributed by atoms with Gasteiger partial charge in [-0.15, -0.1) is 0 Å². The highest BCUT2D eigenvalue weighted by Gasteiger charge is 2.42. The minimum absolute atomic E-state index is 0.0459. The van der Waals surface area contributed by atoms with Crippen LogP contribution in [0.4, 0.5) is 0 Å². The van der Waals surface area contributed by atoms with Gasteiger partial charge in [-0.25, -0.2) is 13.1 Å². The average molecular weight is 512 g/mol. The quantitative estimate of drug-likeness (QED) is 0.379. The molecular weight excluding hydrogens is 490 g/mol. The van der Waals surface area contributed by atoms with E-state index in [1.54, 1.807) is 17.9 Å². The average Bonchev–Trinajstić information content (AvgIpc) is 3.49. The second-order valence-corrected chi connectivity index (χ2v) is 12.0. The van der Waals surface area contributed by atoms with E-state index in [1.165, 1.54) is 16.7 Å². The first-order chi connectivity index (χ1) is 16.3. The van der Waals surface area contributed by atoms with Gasteiger partial charge in [-0.2, -0.15) is 5.10 Å². The number of rotatable bonds is 5. The first kappa shape index (κ1) is 22.8. The largest absolute Gasteiger partial charge is 0.497 e. The van der Waals surface area contributed by atoms with Gasteiger partial charge in [-0.3, -0.25) is 9.69 Å². The highest BCUT2D eigenvalue weighted by atomic mass is 32.2. The number of aromatic nitrogens is 2. The number of hydrogen-bond acceptors (Lipinski definition) is 7. The molecule has 0 saturated carbocycles. The SMILES string of the molecule is COc1ccc(-c2nn(-c3ccccc3)cc2/C=C2\SC(=S)N([C@@H]3CCS(=O)(=O)C3)C2=O)cc1. The molecule has 1 amide bonds. The smallest absolute Gasteiger partial charge is 0.266 e. The molecule has 7 nitrogen and oxygen atoms in total. The first-order valence-corrected chi connectivity index (χ1v) is 13.7. The van der Waals surface area contributed by atoms with Gasteiger partial charge in [0.15, 0.2) is 9.84 Å². The van der Waals surface area contributed by atoms with Crippen LogP contribution in [-0.4, -0.2) is 58.0 Å². The number of para-hydroxylation sites is 1. The second-order valence-electron chi connectivity index (χ2n) is 8.05. The zero-order valence-corrected chi connectivity index (χ0v) is 20.7. The van der Waals surface area contributed by atoms with Crippen LogP contribution >= 0.6 is 24.0 Å². The lowest BCUT2D eigenvalue weighted by molar-refractivity contribution is -0.123. The summed E-state index contributed by atoms with van der Waals surface area (Å²) in [6.45, 7) is 0. The molecule has 10 heteroatoms. The van der Waals surface area contributed by atoms with Gasteiger partial charge in [0.05, 0.1) is 40.9 Å². The molecule has 2 aromatic carbocycles. The third-order valence-electron chi connectivity index (χ3n) is 5.81. The number of benzene rings is 2. The van der Waals surface area contributed by atoms with Crippen molar-refractivity contribution >= 4 is 50.1 Å². The fourth-order valence-electron chi connectivity index (χ4n) is 4.09. The number of thiocarbonyl (C=S) groups is 1. The first-order valence-electron chi connectivity index (χ1n) is 10.6. The van der Waals surface area contributed by atoms with Crippen LogP contribution in [0.25, 0.3) is 23.0 Å². The van der Waals surface area contributed by atoms with E-state index in [1.807, 2.05) is 60.8 Å². The van der Waals surface area contributed by atoms with E-state index in [2.05, 4.69) is 0 Å². The van der Waals surface area contributed by atoms with E-state index in [9.17, 15) is 13.2 Å². The molecule has 34 heavy (non-hydrogen) atoms. The molecule has 2 saturated heterocycles. The van der Waals surface area contributed by atoms with Crippen molar-refractivity contribution in [3.8, 4) is 22.7 Å². The van der Waals surface area contributed by atoms with E-state index in [-0.39, 0.29) is 17.4 Å². The summed E-state index contributed by atoms with van der Waals surface area (Å²) in [4.78, 5) is 15.2. The predicted octanol–water partition coefficient (Wildman–Crippen LogP) is 3.94. The van der Waals surface area contributed by atoms with Gasteiger partial charge in [0, 0.05) is 17.3 Å². The number of sulfone groups is 1. The lowest BCUT2D eigenvalue weighted by Gasteiger charge is -2.20. The number of hydrogen-bond donors (Lipinski definition) is 0. The highest BCUT2D eigenvalue weighted by Crippen LogP contribution is 2.37. The van der Waals surface area contributed by atoms with Crippen LogP contribution in [0.5, 0.6) is 5.75 Å². The standard InChI is InChI=1S/C24H21N3O4S3/c1-31-20-9-7-16(8-10-20)22-17(14-26(25-22)18-5-3-2-4-6-18)13-21-23(28)27(24(32)33-21)19-11-12-34(29,30)15-19/h2-10,13-14,19H,11-12,15H2,1H3/b21-13-/t19-/m1/s1. The molecule has 1 atom stereocenters. The number of methoxy groups -OCH3 is 1. The molecule has 0 radical (unpaired) electrons. The van der Waals surface area contributed by atoms with Crippen LogP contribution in [0.2, 0.25) is 0 Å². The molecular formula is C24H21N3O4S3. The van der Waals surface area contributed by atoms with Crippen LogP contribution in [-0.2, 0) is 14.6 Å². The number of carbonyl (C=O) groups is 1. The van der Waals surface area contributed by atoms with Gasteiger partial charge in [-0.1, -0.05) is 42.2 Å². The Morgan fingerprint density at radius 1 is 1.15 bits per heavy atom. The Hall–Kier alpha value is -2.95. The molecule has 0 unspecified atom stereocenters. The Kier molecular flexibility index (Phi) is 6.05. The zero-order valence-electron chi connectivity index (χ0n) is 18.2. The van der Waals surface area contributed by atoms with E-state index >= 15 is 0 Å². The lowest BCUT2D eigenvalue weighted by atomic mass is 10.1. The van der Waals surface area contributed by atoms with Crippen LogP contribution in [0.15, 0.2) is 65.7 Å². The summed E-state index contributed by atoms with van der Waals surface area (Å²) < 4.78 is 31.3. The molecule has 1 aromatic heterocycles. The van der Waals surface area contributed by atoms with Crippen molar-refractivity contribution in [1.82, 2.24) is 14.7 Å². The summed E-state index contributed by atoms with van der Waals surface area (Å²) in [7, 11) is -1.52. The van der Waals surface area contributed by atoms with Crippen LogP contribution in [0, 0.1) is 0 Å². The number of ether oxygens (including phenoxy) is 1. The molecule has 0 spiro atoms. The van der Waals surface area contributed by atoms with Gasteiger partial charge in [0.25, 0.3) is 5.91 Å². The normalized spacial score (nSPS) is 20.9. The third kappa shape index (κ3) is 4.40. The van der Waals surface area contributed by atoms with Crippen LogP contribution in [0.3, 0.4) is 0 Å². The number of nitrogens with zero attached hydrogens (tertiary/aromatic N) is 3. The minimum atomic E-state index is -3.14. The van der Waals surface area contributed by atoms with Crippen molar-refractivity contribution in [2.24, 2.45) is 0 Å². The topological polar surface area (TPSA) is 81.5 Å². The summed E-state index contributed by atoms with van der Waals surface area (Å²) in [5, 5.41) is 4.79. The van der Waals surface area contributed by atoms with Gasteiger partial charge in [0.1, 0.15) is 10.1 Å². The van der Waals surface area contributed by atoms with E-state index in [0.717, 1.165) is 22.6 Å². The molecule has 2 aliphatic rings. The maximum absolute atomic E-state index is 13.2.